The predicted octanol–water partition coefficient (Wildman–Crippen LogP) is 3.47. The van der Waals surface area contributed by atoms with Crippen LogP contribution < -0.4 is 5.32 Å². The van der Waals surface area contributed by atoms with Gasteiger partial charge in [-0.25, -0.2) is 0 Å². The Labute approximate surface area is 160 Å². The molecule has 2 aliphatic rings. The van der Waals surface area contributed by atoms with Crippen LogP contribution in [0.4, 0.5) is 0 Å². The second-order valence-electron chi connectivity index (χ2n) is 7.22. The van der Waals surface area contributed by atoms with Crippen LogP contribution in [0.2, 0.25) is 5.02 Å². The van der Waals surface area contributed by atoms with Crippen LogP contribution in [0.5, 0.6) is 0 Å². The van der Waals surface area contributed by atoms with Crippen LogP contribution in [0.3, 0.4) is 0 Å². The summed E-state index contributed by atoms with van der Waals surface area (Å²) in [5.41, 5.74) is 0.860. The van der Waals surface area contributed by atoms with Gasteiger partial charge in [-0.2, -0.15) is 0 Å². The maximum Gasteiger partial charge on any atom is 0.323 e. The first-order valence-electron chi connectivity index (χ1n) is 9.49. The van der Waals surface area contributed by atoms with Gasteiger partial charge in [0.15, 0.2) is 0 Å². The summed E-state index contributed by atoms with van der Waals surface area (Å²) in [7, 11) is 1.40. The Bertz CT molecular complexity index is 628. The van der Waals surface area contributed by atoms with Gasteiger partial charge in [0.1, 0.15) is 12.1 Å². The van der Waals surface area contributed by atoms with Gasteiger partial charge in [-0.05, 0) is 43.4 Å². The molecule has 6 heteroatoms. The number of carbonyl (C=O) groups is 2. The molecule has 1 aliphatic carbocycles. The number of benzene rings is 1. The standard InChI is InChI=1S/C20H27ClN2O3/c1-26-20(25)17-8-5-13-23(17)18(14-9-11-15(21)12-10-14)19(24)22-16-6-3-2-4-7-16/h9-12,16-18H,2-8,13H2,1H3,(H,22,24)/t17-,18-/m1/s1. The van der Waals surface area contributed by atoms with Crippen LogP contribution in [0, 0.1) is 0 Å². The number of nitrogens with one attached hydrogen (secondary N) is 1. The average Bonchev–Trinajstić information content (AvgIpc) is 3.13. The molecule has 1 saturated heterocycles. The molecular formula is C20H27ClN2O3. The molecule has 1 amide bonds. The zero-order valence-electron chi connectivity index (χ0n) is 15.2. The number of hydrogen-bond acceptors (Lipinski definition) is 4. The fraction of sp³-hybridized carbons (Fsp3) is 0.600. The van der Waals surface area contributed by atoms with Gasteiger partial charge in [0, 0.05) is 17.6 Å². The van der Waals surface area contributed by atoms with E-state index in [1.165, 1.54) is 13.5 Å². The SMILES string of the molecule is COC(=O)[C@H]1CCCN1[C@@H](C(=O)NC1CCCCC1)c1ccc(Cl)cc1. The lowest BCUT2D eigenvalue weighted by Crippen LogP contribution is -2.48. The smallest absolute Gasteiger partial charge is 0.323 e. The lowest BCUT2D eigenvalue weighted by Gasteiger charge is -2.33. The lowest BCUT2D eigenvalue weighted by atomic mass is 9.94. The minimum absolute atomic E-state index is 0.0324. The first-order valence-corrected chi connectivity index (χ1v) is 9.87. The van der Waals surface area contributed by atoms with Gasteiger partial charge in [0.2, 0.25) is 5.91 Å². The predicted molar refractivity (Wildman–Crippen MR) is 101 cm³/mol. The van der Waals surface area contributed by atoms with Crippen molar-refractivity contribution in [2.24, 2.45) is 0 Å². The maximum absolute atomic E-state index is 13.2. The Morgan fingerprint density at radius 2 is 1.81 bits per heavy atom. The summed E-state index contributed by atoms with van der Waals surface area (Å²) in [6.07, 6.45) is 7.20. The van der Waals surface area contributed by atoms with Gasteiger partial charge in [0.05, 0.1) is 7.11 Å². The molecule has 2 fully saturated rings. The molecule has 1 heterocycles. The number of esters is 1. The summed E-state index contributed by atoms with van der Waals surface area (Å²) < 4.78 is 4.97. The number of nitrogens with zero attached hydrogens (tertiary/aromatic N) is 1. The summed E-state index contributed by atoms with van der Waals surface area (Å²) >= 11 is 6.02. The number of rotatable bonds is 5. The summed E-state index contributed by atoms with van der Waals surface area (Å²) in [6, 6.07) is 6.69. The number of ether oxygens (including phenoxy) is 1. The summed E-state index contributed by atoms with van der Waals surface area (Å²) in [6.45, 7) is 0.700. The third-order valence-electron chi connectivity index (χ3n) is 5.48. The number of likely N-dealkylation sites (tertiary alicyclic amines) is 1. The van der Waals surface area contributed by atoms with Gasteiger partial charge in [-0.3, -0.25) is 14.5 Å². The molecule has 1 N–H and O–H groups in total. The fourth-order valence-electron chi connectivity index (χ4n) is 4.15. The first kappa shape index (κ1) is 19.2. The summed E-state index contributed by atoms with van der Waals surface area (Å²) in [4.78, 5) is 27.4. The molecular weight excluding hydrogens is 352 g/mol. The highest BCUT2D eigenvalue weighted by Crippen LogP contribution is 2.31. The van der Waals surface area contributed by atoms with E-state index in [4.69, 9.17) is 16.3 Å². The lowest BCUT2D eigenvalue weighted by molar-refractivity contribution is -0.147. The van der Waals surface area contributed by atoms with E-state index in [9.17, 15) is 9.59 Å². The van der Waals surface area contributed by atoms with E-state index in [1.54, 1.807) is 12.1 Å². The molecule has 0 radical (unpaired) electrons. The van der Waals surface area contributed by atoms with Crippen molar-refractivity contribution < 1.29 is 14.3 Å². The van der Waals surface area contributed by atoms with E-state index in [2.05, 4.69) is 5.32 Å². The number of methoxy groups -OCH3 is 1. The second kappa shape index (κ2) is 8.87. The quantitative estimate of drug-likeness (QED) is 0.797. The Balaban J connectivity index is 1.84. The third kappa shape index (κ3) is 4.38. The molecule has 0 bridgehead atoms. The number of hydrogen-bond donors (Lipinski definition) is 1. The van der Waals surface area contributed by atoms with Crippen molar-refractivity contribution in [3.63, 3.8) is 0 Å². The molecule has 0 unspecified atom stereocenters. The highest BCUT2D eigenvalue weighted by Gasteiger charge is 2.40. The maximum atomic E-state index is 13.2. The summed E-state index contributed by atoms with van der Waals surface area (Å²) in [5, 5.41) is 3.85. The van der Waals surface area contributed by atoms with E-state index in [0.29, 0.717) is 18.0 Å². The summed E-state index contributed by atoms with van der Waals surface area (Å²) in [5.74, 6) is -0.304. The monoisotopic (exact) mass is 378 g/mol. The zero-order valence-corrected chi connectivity index (χ0v) is 16.0. The van der Waals surface area contributed by atoms with Gasteiger partial charge >= 0.3 is 5.97 Å². The van der Waals surface area contributed by atoms with Crippen LogP contribution >= 0.6 is 11.6 Å². The molecule has 0 aromatic heterocycles. The average molecular weight is 379 g/mol. The fourth-order valence-corrected chi connectivity index (χ4v) is 4.28. The van der Waals surface area contributed by atoms with E-state index in [-0.39, 0.29) is 24.0 Å². The molecule has 26 heavy (non-hydrogen) atoms. The van der Waals surface area contributed by atoms with Crippen LogP contribution in [0.15, 0.2) is 24.3 Å². The first-order chi connectivity index (χ1) is 12.6. The van der Waals surface area contributed by atoms with Crippen molar-refractivity contribution in [2.45, 2.75) is 63.1 Å². The second-order valence-corrected chi connectivity index (χ2v) is 7.65. The van der Waals surface area contributed by atoms with Crippen molar-refractivity contribution >= 4 is 23.5 Å². The molecule has 0 spiro atoms. The highest BCUT2D eigenvalue weighted by atomic mass is 35.5. The Hall–Kier alpha value is -1.59. The van der Waals surface area contributed by atoms with Gasteiger partial charge < -0.3 is 10.1 Å². The Morgan fingerprint density at radius 3 is 2.46 bits per heavy atom. The molecule has 1 aromatic rings. The van der Waals surface area contributed by atoms with Gasteiger partial charge in [-0.15, -0.1) is 0 Å². The van der Waals surface area contributed by atoms with Crippen molar-refractivity contribution in [1.82, 2.24) is 10.2 Å². The van der Waals surface area contributed by atoms with Crippen molar-refractivity contribution in [3.05, 3.63) is 34.9 Å². The van der Waals surface area contributed by atoms with Crippen LogP contribution in [0.25, 0.3) is 0 Å². The van der Waals surface area contributed by atoms with Crippen LogP contribution in [0.1, 0.15) is 56.6 Å². The Morgan fingerprint density at radius 1 is 1.12 bits per heavy atom. The van der Waals surface area contributed by atoms with Gasteiger partial charge in [-0.1, -0.05) is 43.0 Å². The minimum Gasteiger partial charge on any atom is -0.468 e. The van der Waals surface area contributed by atoms with E-state index in [1.807, 2.05) is 17.0 Å². The molecule has 5 nitrogen and oxygen atoms in total. The molecule has 1 aliphatic heterocycles. The number of halogens is 1. The largest absolute Gasteiger partial charge is 0.468 e. The zero-order chi connectivity index (χ0) is 18.5. The number of carbonyl (C=O) groups excluding carboxylic acids is 2. The van der Waals surface area contributed by atoms with Crippen LogP contribution in [-0.4, -0.2) is 42.5 Å². The van der Waals surface area contributed by atoms with Crippen LogP contribution in [-0.2, 0) is 14.3 Å². The van der Waals surface area contributed by atoms with E-state index >= 15 is 0 Å². The minimum atomic E-state index is -0.499. The molecule has 142 valence electrons. The van der Waals surface area contributed by atoms with Crippen molar-refractivity contribution in [2.75, 3.05) is 13.7 Å². The van der Waals surface area contributed by atoms with Gasteiger partial charge in [0.25, 0.3) is 0 Å². The van der Waals surface area contributed by atoms with Crippen molar-refractivity contribution in [1.29, 1.82) is 0 Å². The third-order valence-corrected chi connectivity index (χ3v) is 5.74. The van der Waals surface area contributed by atoms with E-state index in [0.717, 1.165) is 37.7 Å². The van der Waals surface area contributed by atoms with E-state index < -0.39 is 6.04 Å². The Kier molecular flexibility index (Phi) is 6.54. The molecule has 1 aromatic carbocycles. The highest BCUT2D eigenvalue weighted by molar-refractivity contribution is 6.30. The normalized spacial score (nSPS) is 22.8. The molecule has 3 rings (SSSR count). The molecule has 2 atom stereocenters. The topological polar surface area (TPSA) is 58.6 Å². The number of amides is 1. The van der Waals surface area contributed by atoms with Crippen molar-refractivity contribution in [3.8, 4) is 0 Å². The molecule has 1 saturated carbocycles.